The number of carbonyl (C=O) groups is 1. The smallest absolute Gasteiger partial charge is 0.257 e. The van der Waals surface area contributed by atoms with Gasteiger partial charge in [0.15, 0.2) is 5.82 Å². The van der Waals surface area contributed by atoms with Crippen molar-refractivity contribution in [3.05, 3.63) is 65.0 Å². The quantitative estimate of drug-likeness (QED) is 0.625. The van der Waals surface area contributed by atoms with Gasteiger partial charge in [-0.2, -0.15) is 4.98 Å². The Morgan fingerprint density at radius 2 is 2.00 bits per heavy atom. The largest absolute Gasteiger partial charge is 0.334 e. The Bertz CT molecular complexity index is 1040. The van der Waals surface area contributed by atoms with Crippen molar-refractivity contribution >= 4 is 11.6 Å². The summed E-state index contributed by atoms with van der Waals surface area (Å²) in [7, 11) is 0. The van der Waals surface area contributed by atoms with Gasteiger partial charge in [0.1, 0.15) is 0 Å². The van der Waals surface area contributed by atoms with Crippen molar-refractivity contribution in [3.8, 4) is 11.5 Å². The van der Waals surface area contributed by atoms with Crippen LogP contribution in [0.5, 0.6) is 0 Å². The van der Waals surface area contributed by atoms with Crippen LogP contribution in [0.25, 0.3) is 11.5 Å². The van der Waals surface area contributed by atoms with Crippen LogP contribution in [0, 0.1) is 19.8 Å². The summed E-state index contributed by atoms with van der Waals surface area (Å²) in [5.41, 5.74) is 5.36. The zero-order chi connectivity index (χ0) is 21.8. The number of anilines is 1. The van der Waals surface area contributed by atoms with Gasteiger partial charge in [-0.3, -0.25) is 9.69 Å². The normalized spacial score (nSPS) is 16.9. The molecule has 1 saturated heterocycles. The molecule has 0 saturated carbocycles. The molecule has 2 aromatic carbocycles. The Morgan fingerprint density at radius 1 is 1.19 bits per heavy atom. The third kappa shape index (κ3) is 5.02. The van der Waals surface area contributed by atoms with Gasteiger partial charge >= 0.3 is 0 Å². The highest BCUT2D eigenvalue weighted by Crippen LogP contribution is 2.25. The molecule has 1 aromatic heterocycles. The highest BCUT2D eigenvalue weighted by atomic mass is 16.5. The Hall–Kier alpha value is -2.99. The van der Waals surface area contributed by atoms with Crippen LogP contribution in [0.15, 0.2) is 47.0 Å². The summed E-state index contributed by atoms with van der Waals surface area (Å²) < 4.78 is 5.46. The predicted octanol–water partition coefficient (Wildman–Crippen LogP) is 4.77. The number of aryl methyl sites for hydroxylation is 3. The number of carbonyl (C=O) groups excluding carboxylic acids is 1. The molecule has 0 radical (unpaired) electrons. The van der Waals surface area contributed by atoms with Crippen LogP contribution >= 0.6 is 0 Å². The van der Waals surface area contributed by atoms with E-state index in [0.717, 1.165) is 42.6 Å². The fourth-order valence-corrected chi connectivity index (χ4v) is 4.17. The summed E-state index contributed by atoms with van der Waals surface area (Å²) >= 11 is 0. The van der Waals surface area contributed by atoms with Gasteiger partial charge in [0.05, 0.1) is 12.5 Å². The number of hydrogen-bond donors (Lipinski definition) is 1. The first-order chi connectivity index (χ1) is 15.0. The molecule has 1 fully saturated rings. The number of likely N-dealkylation sites (tertiary alicyclic amines) is 1. The van der Waals surface area contributed by atoms with Crippen molar-refractivity contribution in [2.24, 2.45) is 5.92 Å². The molecule has 1 amide bonds. The van der Waals surface area contributed by atoms with Gasteiger partial charge < -0.3 is 9.84 Å². The molecule has 2 heterocycles. The molecule has 1 N–H and O–H groups in total. The Kier molecular flexibility index (Phi) is 6.47. The number of nitrogens with one attached hydrogen (secondary N) is 1. The monoisotopic (exact) mass is 418 g/mol. The fraction of sp³-hybridized carbons (Fsp3) is 0.400. The lowest BCUT2D eigenvalue weighted by atomic mass is 9.96. The number of rotatable bonds is 6. The van der Waals surface area contributed by atoms with Crippen LogP contribution in [-0.4, -0.2) is 34.0 Å². The van der Waals surface area contributed by atoms with E-state index in [-0.39, 0.29) is 11.8 Å². The first kappa shape index (κ1) is 21.2. The van der Waals surface area contributed by atoms with Crippen LogP contribution < -0.4 is 5.32 Å². The third-order valence-corrected chi connectivity index (χ3v) is 6.00. The molecule has 4 rings (SSSR count). The molecular weight excluding hydrogens is 388 g/mol. The second-order valence-corrected chi connectivity index (χ2v) is 8.41. The van der Waals surface area contributed by atoms with E-state index in [1.807, 2.05) is 50.2 Å². The molecular formula is C25H30N4O2. The van der Waals surface area contributed by atoms with Crippen molar-refractivity contribution in [1.82, 2.24) is 15.0 Å². The maximum Gasteiger partial charge on any atom is 0.257 e. The van der Waals surface area contributed by atoms with E-state index in [2.05, 4.69) is 33.3 Å². The van der Waals surface area contributed by atoms with Gasteiger partial charge in [0, 0.05) is 17.8 Å². The van der Waals surface area contributed by atoms with Gasteiger partial charge in [0.2, 0.25) is 5.91 Å². The summed E-state index contributed by atoms with van der Waals surface area (Å²) in [6.07, 6.45) is 2.78. The predicted molar refractivity (Wildman–Crippen MR) is 122 cm³/mol. The number of para-hydroxylation sites is 1. The molecule has 6 heteroatoms. The number of amides is 1. The minimum atomic E-state index is -0.0402. The number of hydrogen-bond acceptors (Lipinski definition) is 5. The second kappa shape index (κ2) is 9.43. The van der Waals surface area contributed by atoms with Crippen LogP contribution in [-0.2, 0) is 17.8 Å². The lowest BCUT2D eigenvalue weighted by Crippen LogP contribution is -2.40. The van der Waals surface area contributed by atoms with Crippen molar-refractivity contribution < 1.29 is 9.32 Å². The molecule has 1 aliphatic heterocycles. The van der Waals surface area contributed by atoms with Crippen LogP contribution in [0.2, 0.25) is 0 Å². The number of piperidine rings is 1. The molecule has 3 aromatic rings. The second-order valence-electron chi connectivity index (χ2n) is 8.41. The summed E-state index contributed by atoms with van der Waals surface area (Å²) in [6, 6.07) is 14.2. The van der Waals surface area contributed by atoms with Crippen LogP contribution in [0.4, 0.5) is 5.69 Å². The van der Waals surface area contributed by atoms with Crippen LogP contribution in [0.3, 0.4) is 0 Å². The van der Waals surface area contributed by atoms with Gasteiger partial charge in [-0.05, 0) is 62.9 Å². The topological polar surface area (TPSA) is 71.3 Å². The summed E-state index contributed by atoms with van der Waals surface area (Å²) in [4.78, 5) is 19.8. The maximum atomic E-state index is 13.0. The van der Waals surface area contributed by atoms with Gasteiger partial charge in [-0.25, -0.2) is 0 Å². The van der Waals surface area contributed by atoms with Gasteiger partial charge in [0.25, 0.3) is 5.89 Å². The minimum absolute atomic E-state index is 0.0402. The Morgan fingerprint density at radius 3 is 2.77 bits per heavy atom. The van der Waals surface area contributed by atoms with Crippen LogP contribution in [0.1, 0.15) is 42.3 Å². The molecule has 162 valence electrons. The average molecular weight is 419 g/mol. The number of benzene rings is 2. The van der Waals surface area contributed by atoms with Crippen molar-refractivity contribution in [1.29, 1.82) is 0 Å². The number of nitrogens with zero attached hydrogens (tertiary/aromatic N) is 3. The van der Waals surface area contributed by atoms with E-state index in [0.29, 0.717) is 24.8 Å². The summed E-state index contributed by atoms with van der Waals surface area (Å²) in [6.45, 7) is 8.43. The van der Waals surface area contributed by atoms with Crippen molar-refractivity contribution in [3.63, 3.8) is 0 Å². The molecule has 6 nitrogen and oxygen atoms in total. The molecule has 1 aliphatic rings. The maximum absolute atomic E-state index is 13.0. The zero-order valence-electron chi connectivity index (χ0n) is 18.5. The zero-order valence-corrected chi connectivity index (χ0v) is 18.5. The highest BCUT2D eigenvalue weighted by molar-refractivity contribution is 5.94. The van der Waals surface area contributed by atoms with E-state index in [1.165, 1.54) is 11.1 Å². The van der Waals surface area contributed by atoms with Gasteiger partial charge in [-0.1, -0.05) is 48.0 Å². The first-order valence-electron chi connectivity index (χ1n) is 11.0. The Balaban J connectivity index is 1.39. The SMILES string of the molecule is CCc1cccc(C)c1NC(=O)[C@@H]1CCCN(Cc2noc(-c3ccc(C)cc3)n2)C1. The molecule has 0 unspecified atom stereocenters. The molecule has 1 atom stereocenters. The average Bonchev–Trinajstić information content (AvgIpc) is 3.24. The molecule has 0 spiro atoms. The molecule has 31 heavy (non-hydrogen) atoms. The van der Waals surface area contributed by atoms with Crippen molar-refractivity contribution in [2.45, 2.75) is 46.6 Å². The van der Waals surface area contributed by atoms with Crippen molar-refractivity contribution in [2.75, 3.05) is 18.4 Å². The fourth-order valence-electron chi connectivity index (χ4n) is 4.17. The lowest BCUT2D eigenvalue weighted by molar-refractivity contribution is -0.121. The highest BCUT2D eigenvalue weighted by Gasteiger charge is 2.27. The molecule has 0 aliphatic carbocycles. The Labute approximate surface area is 183 Å². The van der Waals surface area contributed by atoms with E-state index < -0.39 is 0 Å². The first-order valence-corrected chi connectivity index (χ1v) is 11.0. The van der Waals surface area contributed by atoms with Gasteiger partial charge in [-0.15, -0.1) is 0 Å². The lowest BCUT2D eigenvalue weighted by Gasteiger charge is -2.31. The minimum Gasteiger partial charge on any atom is -0.334 e. The van der Waals surface area contributed by atoms with E-state index >= 15 is 0 Å². The molecule has 0 bridgehead atoms. The van der Waals surface area contributed by atoms with E-state index in [1.54, 1.807) is 0 Å². The van der Waals surface area contributed by atoms with E-state index in [4.69, 9.17) is 4.52 Å². The number of aromatic nitrogens is 2. The van der Waals surface area contributed by atoms with E-state index in [9.17, 15) is 4.79 Å². The third-order valence-electron chi connectivity index (χ3n) is 6.00. The standard InChI is InChI=1S/C25H30N4O2/c1-4-19-8-5-7-18(3)23(19)27-24(30)21-9-6-14-29(15-21)16-22-26-25(31-28-22)20-12-10-17(2)11-13-20/h5,7-8,10-13,21H,4,6,9,14-16H2,1-3H3,(H,27,30)/t21-/m1/s1. The summed E-state index contributed by atoms with van der Waals surface area (Å²) in [5.74, 6) is 1.25. The summed E-state index contributed by atoms with van der Waals surface area (Å²) in [5, 5.41) is 7.35.